The van der Waals surface area contributed by atoms with Gasteiger partial charge in [-0.15, -0.1) is 0 Å². The Bertz CT molecular complexity index is 515. The first-order valence-electron chi connectivity index (χ1n) is 5.15. The number of pyridine rings is 1. The van der Waals surface area contributed by atoms with Crippen LogP contribution in [0, 0.1) is 6.92 Å². The Labute approximate surface area is 124 Å². The monoisotopic (exact) mass is 365 g/mol. The molecule has 9 N–H and O–H groups in total. The highest BCUT2D eigenvalue weighted by Gasteiger charge is 2.09. The highest BCUT2D eigenvalue weighted by Crippen LogP contribution is 2.26. The number of aryl methyl sites for hydroxylation is 1. The predicted molar refractivity (Wildman–Crippen MR) is 71.0 cm³/mol. The Morgan fingerprint density at radius 3 is 1.59 bits per heavy atom. The van der Waals surface area contributed by atoms with Gasteiger partial charge < -0.3 is 44.7 Å². The molecular formula is C8H17NO11P2. The Hall–Kier alpha value is -0.910. The van der Waals surface area contributed by atoms with Crippen molar-refractivity contribution in [2.75, 3.05) is 0 Å². The van der Waals surface area contributed by atoms with Crippen molar-refractivity contribution in [3.8, 4) is 5.75 Å². The van der Waals surface area contributed by atoms with Gasteiger partial charge in [0.05, 0.1) is 18.9 Å². The van der Waals surface area contributed by atoms with Gasteiger partial charge in [-0.1, -0.05) is 0 Å². The van der Waals surface area contributed by atoms with Crippen LogP contribution in [0.4, 0.5) is 0 Å². The molecular weight excluding hydrogens is 348 g/mol. The fraction of sp³-hybridized carbons (Fsp3) is 0.375. The van der Waals surface area contributed by atoms with Gasteiger partial charge in [0.2, 0.25) is 0 Å². The van der Waals surface area contributed by atoms with Crippen LogP contribution in [0.1, 0.15) is 16.8 Å². The zero-order valence-electron chi connectivity index (χ0n) is 11.2. The van der Waals surface area contributed by atoms with Gasteiger partial charge >= 0.3 is 15.6 Å². The van der Waals surface area contributed by atoms with Crippen molar-refractivity contribution < 1.29 is 53.8 Å². The molecule has 0 saturated heterocycles. The number of nitrogens with zero attached hydrogens (tertiary/aromatic N) is 1. The van der Waals surface area contributed by atoms with Gasteiger partial charge in [0, 0.05) is 17.3 Å². The summed E-state index contributed by atoms with van der Waals surface area (Å²) in [6, 6.07) is 0. The third kappa shape index (κ3) is 15.5. The molecule has 0 atom stereocenters. The number of aromatic nitrogens is 1. The Kier molecular flexibility index (Phi) is 10.6. The van der Waals surface area contributed by atoms with Crippen LogP contribution in [0.15, 0.2) is 6.20 Å². The zero-order valence-corrected chi connectivity index (χ0v) is 13.0. The van der Waals surface area contributed by atoms with Gasteiger partial charge in [-0.2, -0.15) is 0 Å². The normalized spacial score (nSPS) is 11.0. The van der Waals surface area contributed by atoms with Crippen LogP contribution in [-0.4, -0.2) is 49.7 Å². The molecule has 12 nitrogen and oxygen atoms in total. The quantitative estimate of drug-likeness (QED) is 0.265. The van der Waals surface area contributed by atoms with Gasteiger partial charge in [0.1, 0.15) is 5.75 Å². The molecule has 1 aromatic rings. The molecule has 1 aromatic heterocycles. The smallest absolute Gasteiger partial charge is 0.466 e. The van der Waals surface area contributed by atoms with Crippen LogP contribution in [0.2, 0.25) is 0 Å². The van der Waals surface area contributed by atoms with Gasteiger partial charge in [-0.05, 0) is 6.92 Å². The summed E-state index contributed by atoms with van der Waals surface area (Å²) in [4.78, 5) is 47.0. The lowest BCUT2D eigenvalue weighted by molar-refractivity contribution is 0.254. The summed E-state index contributed by atoms with van der Waals surface area (Å²) in [6.07, 6.45) is 1.45. The Balaban J connectivity index is 0. The maximum atomic E-state index is 9.38. The van der Waals surface area contributed by atoms with E-state index in [1.165, 1.54) is 6.20 Å². The first kappa shape index (κ1) is 23.4. The van der Waals surface area contributed by atoms with E-state index in [-0.39, 0.29) is 19.0 Å². The van der Waals surface area contributed by atoms with E-state index in [9.17, 15) is 5.11 Å². The molecule has 1 rings (SSSR count). The Morgan fingerprint density at radius 2 is 1.32 bits per heavy atom. The standard InChI is InChI=1S/C8H11NO3.2H3O4P/c1-5-8(12)7(4-11)6(3-10)2-9-5;2*1-5(2,3)4/h2,10-12H,3-4H2,1H3;2*(H3,1,2,3,4). The number of aromatic hydroxyl groups is 1. The summed E-state index contributed by atoms with van der Waals surface area (Å²) in [5.74, 6) is -0.0379. The summed E-state index contributed by atoms with van der Waals surface area (Å²) >= 11 is 0. The lowest BCUT2D eigenvalue weighted by Crippen LogP contribution is -1.98. The van der Waals surface area contributed by atoms with Gasteiger partial charge in [-0.3, -0.25) is 4.98 Å². The maximum absolute atomic E-state index is 9.38. The minimum atomic E-state index is -4.64. The highest BCUT2D eigenvalue weighted by atomic mass is 31.2. The summed E-state index contributed by atoms with van der Waals surface area (Å²) in [5, 5.41) is 27.0. The number of phosphoric acid groups is 2. The average Bonchev–Trinajstić information content (AvgIpc) is 2.28. The first-order valence-corrected chi connectivity index (χ1v) is 8.28. The van der Waals surface area contributed by atoms with Crippen LogP contribution in [0.5, 0.6) is 5.75 Å². The zero-order chi connectivity index (χ0) is 18.1. The molecule has 0 aliphatic carbocycles. The fourth-order valence-electron chi connectivity index (χ4n) is 0.997. The van der Waals surface area contributed by atoms with Crippen molar-refractivity contribution in [1.82, 2.24) is 4.98 Å². The van der Waals surface area contributed by atoms with Crippen molar-refractivity contribution >= 4 is 15.6 Å². The maximum Gasteiger partial charge on any atom is 0.466 e. The second-order valence-electron chi connectivity index (χ2n) is 3.54. The van der Waals surface area contributed by atoms with Crippen molar-refractivity contribution in [2.24, 2.45) is 0 Å². The molecule has 0 amide bonds. The van der Waals surface area contributed by atoms with E-state index in [2.05, 4.69) is 4.98 Å². The van der Waals surface area contributed by atoms with Crippen LogP contribution < -0.4 is 0 Å². The lowest BCUT2D eigenvalue weighted by atomic mass is 10.1. The molecule has 0 bridgehead atoms. The Morgan fingerprint density at radius 1 is 0.955 bits per heavy atom. The summed E-state index contributed by atoms with van der Waals surface area (Å²) in [6.45, 7) is 1.12. The van der Waals surface area contributed by atoms with E-state index < -0.39 is 15.6 Å². The second kappa shape index (κ2) is 9.98. The third-order valence-electron chi connectivity index (χ3n) is 1.76. The van der Waals surface area contributed by atoms with Crippen molar-refractivity contribution in [3.63, 3.8) is 0 Å². The van der Waals surface area contributed by atoms with E-state index in [0.29, 0.717) is 16.8 Å². The minimum Gasteiger partial charge on any atom is -0.506 e. The van der Waals surface area contributed by atoms with Crippen molar-refractivity contribution in [1.29, 1.82) is 0 Å². The lowest BCUT2D eigenvalue weighted by Gasteiger charge is -2.07. The predicted octanol–water partition coefficient (Wildman–Crippen LogP) is -1.78. The molecule has 0 aliphatic heterocycles. The fourth-order valence-corrected chi connectivity index (χ4v) is 0.997. The van der Waals surface area contributed by atoms with E-state index in [1.54, 1.807) is 6.92 Å². The number of hydrogen-bond acceptors (Lipinski definition) is 6. The van der Waals surface area contributed by atoms with Crippen molar-refractivity contribution in [2.45, 2.75) is 20.1 Å². The van der Waals surface area contributed by atoms with Crippen molar-refractivity contribution in [3.05, 3.63) is 23.0 Å². The van der Waals surface area contributed by atoms with Crippen LogP contribution >= 0.6 is 15.6 Å². The van der Waals surface area contributed by atoms with Gasteiger partial charge in [-0.25, -0.2) is 9.13 Å². The number of rotatable bonds is 2. The van der Waals surface area contributed by atoms with Gasteiger partial charge in [0.15, 0.2) is 0 Å². The van der Waals surface area contributed by atoms with Crippen LogP contribution in [0.25, 0.3) is 0 Å². The molecule has 0 spiro atoms. The number of aliphatic hydroxyl groups excluding tert-OH is 2. The molecule has 14 heteroatoms. The molecule has 0 aromatic carbocycles. The summed E-state index contributed by atoms with van der Waals surface area (Å²) in [7, 11) is -9.28. The van der Waals surface area contributed by atoms with E-state index >= 15 is 0 Å². The van der Waals surface area contributed by atoms with Crippen LogP contribution in [0.3, 0.4) is 0 Å². The number of hydrogen-bond donors (Lipinski definition) is 9. The molecule has 130 valence electrons. The molecule has 22 heavy (non-hydrogen) atoms. The molecule has 0 fully saturated rings. The van der Waals surface area contributed by atoms with E-state index in [1.807, 2.05) is 0 Å². The molecule has 0 radical (unpaired) electrons. The van der Waals surface area contributed by atoms with E-state index in [0.717, 1.165) is 0 Å². The third-order valence-corrected chi connectivity index (χ3v) is 1.76. The average molecular weight is 365 g/mol. The molecule has 0 saturated carbocycles. The summed E-state index contributed by atoms with van der Waals surface area (Å²) in [5.41, 5.74) is 1.27. The molecule has 0 unspecified atom stereocenters. The summed E-state index contributed by atoms with van der Waals surface area (Å²) < 4.78 is 17.8. The second-order valence-corrected chi connectivity index (χ2v) is 5.59. The van der Waals surface area contributed by atoms with Crippen LogP contribution in [-0.2, 0) is 22.3 Å². The number of aliphatic hydroxyl groups is 2. The molecule has 0 aliphatic rings. The highest BCUT2D eigenvalue weighted by molar-refractivity contribution is 7.45. The first-order chi connectivity index (χ1) is 9.70. The topological polar surface area (TPSA) is 229 Å². The minimum absolute atomic E-state index is 0.0379. The largest absolute Gasteiger partial charge is 0.506 e. The van der Waals surface area contributed by atoms with E-state index in [4.69, 9.17) is 48.7 Å². The SMILES string of the molecule is Cc1ncc(CO)c(CO)c1O.O=P(O)(O)O.O=P(O)(O)O. The molecule has 1 heterocycles. The van der Waals surface area contributed by atoms with Gasteiger partial charge in [0.25, 0.3) is 0 Å².